The number of benzene rings is 2. The Morgan fingerprint density at radius 3 is 2.44 bits per heavy atom. The summed E-state index contributed by atoms with van der Waals surface area (Å²) in [6, 6.07) is 14.6. The highest BCUT2D eigenvalue weighted by atomic mass is 31.2. The minimum absolute atomic E-state index is 0.0623. The number of hydrogen-bond donors (Lipinski definition) is 3. The molecule has 0 saturated carbocycles. The van der Waals surface area contributed by atoms with Gasteiger partial charge in [-0.05, 0) is 18.6 Å². The minimum atomic E-state index is -3.46. The van der Waals surface area contributed by atoms with Crippen LogP contribution in [0.2, 0.25) is 0 Å². The highest BCUT2D eigenvalue weighted by molar-refractivity contribution is 7.57. The van der Waals surface area contributed by atoms with Crippen molar-refractivity contribution in [1.82, 2.24) is 5.32 Å². The van der Waals surface area contributed by atoms with Crippen molar-refractivity contribution < 1.29 is 24.0 Å². The van der Waals surface area contributed by atoms with Gasteiger partial charge in [0.1, 0.15) is 11.5 Å². The van der Waals surface area contributed by atoms with Crippen LogP contribution in [-0.4, -0.2) is 43.0 Å². The third kappa shape index (κ3) is 6.67. The Hall–Kier alpha value is -1.85. The van der Waals surface area contributed by atoms with Gasteiger partial charge in [-0.3, -0.25) is 4.57 Å². The molecule has 0 aromatic heterocycles. The number of hydrogen-bond acceptors (Lipinski definition) is 5. The molecule has 6 nitrogen and oxygen atoms in total. The van der Waals surface area contributed by atoms with Gasteiger partial charge in [-0.25, -0.2) is 0 Å². The standard InChI is InChI=1S/C20H28NO5P/c1-15(19-10-9-18(25-2)11-20(19)26-3)21-12-17(22)14-27(23,24)13-16-7-5-4-6-8-16/h4-11,15,17,21-22H,12-14H2,1-3H3,(H,23,24). The molecule has 3 unspecified atom stereocenters. The molecule has 0 spiro atoms. The van der Waals surface area contributed by atoms with Crippen LogP contribution < -0.4 is 14.8 Å². The molecular formula is C20H28NO5P. The molecule has 27 heavy (non-hydrogen) atoms. The van der Waals surface area contributed by atoms with Crippen LogP contribution in [0.15, 0.2) is 48.5 Å². The van der Waals surface area contributed by atoms with Crippen LogP contribution in [0.1, 0.15) is 24.1 Å². The van der Waals surface area contributed by atoms with Crippen LogP contribution in [0.25, 0.3) is 0 Å². The lowest BCUT2D eigenvalue weighted by Crippen LogP contribution is -2.31. The molecule has 2 aromatic rings. The molecule has 0 heterocycles. The second-order valence-corrected chi connectivity index (χ2v) is 8.94. The van der Waals surface area contributed by atoms with Crippen LogP contribution in [0.3, 0.4) is 0 Å². The fourth-order valence-corrected chi connectivity index (χ4v) is 4.62. The van der Waals surface area contributed by atoms with E-state index in [2.05, 4.69) is 5.32 Å². The molecule has 2 aromatic carbocycles. The molecule has 0 fully saturated rings. The Kier molecular flexibility index (Phi) is 7.87. The zero-order chi connectivity index (χ0) is 19.9. The molecule has 0 radical (unpaired) electrons. The SMILES string of the molecule is COc1ccc(C(C)NCC(O)CP(=O)(O)Cc2ccccc2)c(OC)c1. The van der Waals surface area contributed by atoms with Crippen molar-refractivity contribution in [2.24, 2.45) is 0 Å². The molecule has 0 amide bonds. The highest BCUT2D eigenvalue weighted by Crippen LogP contribution is 2.44. The van der Waals surface area contributed by atoms with Gasteiger partial charge in [0.05, 0.1) is 26.5 Å². The summed E-state index contributed by atoms with van der Waals surface area (Å²) in [7, 11) is -0.279. The van der Waals surface area contributed by atoms with Crippen molar-refractivity contribution in [2.75, 3.05) is 26.9 Å². The zero-order valence-electron chi connectivity index (χ0n) is 16.0. The molecular weight excluding hydrogens is 365 g/mol. The summed E-state index contributed by atoms with van der Waals surface area (Å²) >= 11 is 0. The Balaban J connectivity index is 1.91. The summed E-state index contributed by atoms with van der Waals surface area (Å²) < 4.78 is 23.0. The van der Waals surface area contributed by atoms with Crippen LogP contribution >= 0.6 is 7.37 Å². The van der Waals surface area contributed by atoms with Crippen LogP contribution in [-0.2, 0) is 10.7 Å². The van der Waals surface area contributed by atoms with Gasteiger partial charge in [-0.2, -0.15) is 0 Å². The summed E-state index contributed by atoms with van der Waals surface area (Å²) in [4.78, 5) is 10.2. The maximum Gasteiger partial charge on any atom is 0.207 e. The number of aliphatic hydroxyl groups excluding tert-OH is 1. The normalized spacial score (nSPS) is 15.6. The molecule has 148 valence electrons. The maximum atomic E-state index is 12.4. The fraction of sp³-hybridized carbons (Fsp3) is 0.400. The van der Waals surface area contributed by atoms with E-state index in [9.17, 15) is 14.6 Å². The summed E-state index contributed by atoms with van der Waals surface area (Å²) in [5, 5.41) is 13.4. The third-order valence-corrected chi connectivity index (χ3v) is 6.19. The third-order valence-electron chi connectivity index (χ3n) is 4.34. The minimum Gasteiger partial charge on any atom is -0.497 e. The number of aliphatic hydroxyl groups is 1. The zero-order valence-corrected chi connectivity index (χ0v) is 16.9. The molecule has 0 saturated heterocycles. The number of nitrogens with one attached hydrogen (secondary N) is 1. The van der Waals surface area contributed by atoms with Crippen LogP contribution in [0, 0.1) is 0 Å². The molecule has 0 bridgehead atoms. The van der Waals surface area contributed by atoms with Gasteiger partial charge in [0.2, 0.25) is 7.37 Å². The predicted molar refractivity (Wildman–Crippen MR) is 107 cm³/mol. The van der Waals surface area contributed by atoms with Gasteiger partial charge in [0.15, 0.2) is 0 Å². The van der Waals surface area contributed by atoms with Gasteiger partial charge < -0.3 is 24.8 Å². The lowest BCUT2D eigenvalue weighted by Gasteiger charge is -2.21. The van der Waals surface area contributed by atoms with Crippen molar-refractivity contribution in [3.63, 3.8) is 0 Å². The Bertz CT molecular complexity index is 768. The first-order valence-electron chi connectivity index (χ1n) is 8.82. The van der Waals surface area contributed by atoms with E-state index in [1.165, 1.54) is 0 Å². The van der Waals surface area contributed by atoms with Crippen LogP contribution in [0.4, 0.5) is 0 Å². The van der Waals surface area contributed by atoms with Crippen molar-refractivity contribution in [1.29, 1.82) is 0 Å². The average Bonchev–Trinajstić information content (AvgIpc) is 2.65. The van der Waals surface area contributed by atoms with E-state index in [1.807, 2.05) is 49.4 Å². The van der Waals surface area contributed by atoms with E-state index >= 15 is 0 Å². The summed E-state index contributed by atoms with van der Waals surface area (Å²) in [6.07, 6.45) is -1.01. The van der Waals surface area contributed by atoms with Crippen molar-refractivity contribution in [3.8, 4) is 11.5 Å². The smallest absolute Gasteiger partial charge is 0.207 e. The predicted octanol–water partition coefficient (Wildman–Crippen LogP) is 3.19. The Morgan fingerprint density at radius 2 is 1.81 bits per heavy atom. The number of methoxy groups -OCH3 is 2. The lowest BCUT2D eigenvalue weighted by molar-refractivity contribution is 0.186. The average molecular weight is 393 g/mol. The Labute approximate surface area is 160 Å². The van der Waals surface area contributed by atoms with Gasteiger partial charge >= 0.3 is 0 Å². The lowest BCUT2D eigenvalue weighted by atomic mass is 10.1. The largest absolute Gasteiger partial charge is 0.497 e. The van der Waals surface area contributed by atoms with Gasteiger partial charge in [0.25, 0.3) is 0 Å². The molecule has 7 heteroatoms. The van der Waals surface area contributed by atoms with E-state index in [4.69, 9.17) is 9.47 Å². The maximum absolute atomic E-state index is 12.4. The number of ether oxygens (including phenoxy) is 2. The van der Waals surface area contributed by atoms with Crippen molar-refractivity contribution in [2.45, 2.75) is 25.2 Å². The monoisotopic (exact) mass is 393 g/mol. The van der Waals surface area contributed by atoms with E-state index in [0.29, 0.717) is 11.5 Å². The quantitative estimate of drug-likeness (QED) is 0.538. The van der Waals surface area contributed by atoms with Crippen LogP contribution in [0.5, 0.6) is 11.5 Å². The van der Waals surface area contributed by atoms with E-state index < -0.39 is 13.5 Å². The molecule has 2 rings (SSSR count). The molecule has 0 aliphatic carbocycles. The van der Waals surface area contributed by atoms with Crippen molar-refractivity contribution in [3.05, 3.63) is 59.7 Å². The van der Waals surface area contributed by atoms with Gasteiger partial charge in [-0.1, -0.05) is 36.4 Å². The van der Waals surface area contributed by atoms with Crippen molar-refractivity contribution >= 4 is 7.37 Å². The highest BCUT2D eigenvalue weighted by Gasteiger charge is 2.24. The Morgan fingerprint density at radius 1 is 1.11 bits per heavy atom. The molecule has 3 N–H and O–H groups in total. The first kappa shape index (κ1) is 21.5. The van der Waals surface area contributed by atoms with Gasteiger partial charge in [0, 0.05) is 30.4 Å². The van der Waals surface area contributed by atoms with Gasteiger partial charge in [-0.15, -0.1) is 0 Å². The number of rotatable bonds is 10. The first-order chi connectivity index (χ1) is 12.8. The molecule has 3 atom stereocenters. The second-order valence-electron chi connectivity index (χ2n) is 6.56. The fourth-order valence-electron chi connectivity index (χ4n) is 2.93. The molecule has 0 aliphatic rings. The summed E-state index contributed by atoms with van der Waals surface area (Å²) in [6.45, 7) is 2.15. The van der Waals surface area contributed by atoms with E-state index in [-0.39, 0.29) is 24.9 Å². The topological polar surface area (TPSA) is 88.0 Å². The molecule has 0 aliphatic heterocycles. The van der Waals surface area contributed by atoms with E-state index in [1.54, 1.807) is 20.3 Å². The first-order valence-corrected chi connectivity index (χ1v) is 10.9. The second kappa shape index (κ2) is 9.90. The summed E-state index contributed by atoms with van der Waals surface area (Å²) in [5.74, 6) is 1.38. The van der Waals surface area contributed by atoms with E-state index in [0.717, 1.165) is 11.1 Å². The summed E-state index contributed by atoms with van der Waals surface area (Å²) in [5.41, 5.74) is 1.71.